The number of nitrogens with one attached hydrogen (secondary N) is 1. The predicted octanol–water partition coefficient (Wildman–Crippen LogP) is 1.32. The highest BCUT2D eigenvalue weighted by Crippen LogP contribution is 1.98. The van der Waals surface area contributed by atoms with Crippen molar-refractivity contribution < 1.29 is 0 Å². The zero-order chi connectivity index (χ0) is 11.4. The van der Waals surface area contributed by atoms with Crippen LogP contribution in [0.15, 0.2) is 30.9 Å². The molecule has 0 amide bonds. The largest absolute Gasteiger partial charge is 0.357 e. The quantitative estimate of drug-likeness (QED) is 0.768. The summed E-state index contributed by atoms with van der Waals surface area (Å²) < 4.78 is 4.03. The maximum Gasteiger partial charge on any atom is 0.0534 e. The van der Waals surface area contributed by atoms with Gasteiger partial charge >= 0.3 is 0 Å². The molecule has 2 rings (SSSR count). The second-order valence-electron chi connectivity index (χ2n) is 4.14. The van der Waals surface area contributed by atoms with Crippen molar-refractivity contribution in [3.63, 3.8) is 0 Å². The summed E-state index contributed by atoms with van der Waals surface area (Å²) in [5.74, 6) is 0. The van der Waals surface area contributed by atoms with Crippen molar-refractivity contribution >= 4 is 0 Å². The van der Waals surface area contributed by atoms with Gasteiger partial charge in [-0.1, -0.05) is 0 Å². The van der Waals surface area contributed by atoms with Gasteiger partial charge in [0.15, 0.2) is 0 Å². The lowest BCUT2D eigenvalue weighted by Gasteiger charge is -2.03. The molecule has 2 aromatic heterocycles. The summed E-state index contributed by atoms with van der Waals surface area (Å²) in [6.07, 6.45) is 8.14. The maximum absolute atomic E-state index is 4.24. The van der Waals surface area contributed by atoms with Gasteiger partial charge in [0.05, 0.1) is 12.7 Å². The van der Waals surface area contributed by atoms with Gasteiger partial charge in [0.25, 0.3) is 0 Å². The van der Waals surface area contributed by atoms with E-state index in [2.05, 4.69) is 46.6 Å². The molecule has 0 atom stereocenters. The third-order valence-electron chi connectivity index (χ3n) is 2.50. The average Bonchev–Trinajstić information content (AvgIpc) is 2.83. The molecule has 2 aromatic rings. The van der Waals surface area contributed by atoms with Crippen LogP contribution in [0, 0.1) is 6.92 Å². The Hall–Kier alpha value is -1.55. The molecular formula is C12H18N4. The van der Waals surface area contributed by atoms with Gasteiger partial charge in [0, 0.05) is 38.7 Å². The van der Waals surface area contributed by atoms with E-state index in [1.807, 2.05) is 17.9 Å². The first-order chi connectivity index (χ1) is 7.74. The molecule has 0 saturated carbocycles. The maximum atomic E-state index is 4.24. The second-order valence-corrected chi connectivity index (χ2v) is 4.14. The summed E-state index contributed by atoms with van der Waals surface area (Å²) in [6, 6.07) is 2.13. The van der Waals surface area contributed by atoms with Crippen molar-refractivity contribution in [2.75, 3.05) is 6.54 Å². The van der Waals surface area contributed by atoms with Crippen molar-refractivity contribution in [1.82, 2.24) is 19.7 Å². The molecule has 86 valence electrons. The predicted molar refractivity (Wildman–Crippen MR) is 64.1 cm³/mol. The Morgan fingerprint density at radius 1 is 1.38 bits per heavy atom. The molecule has 0 unspecified atom stereocenters. The van der Waals surface area contributed by atoms with Gasteiger partial charge < -0.3 is 9.88 Å². The summed E-state index contributed by atoms with van der Waals surface area (Å²) in [6.45, 7) is 4.83. The fourth-order valence-corrected chi connectivity index (χ4v) is 1.68. The Labute approximate surface area is 95.9 Å². The first-order valence-electron chi connectivity index (χ1n) is 5.54. The highest BCUT2D eigenvalue weighted by Gasteiger charge is 1.95. The van der Waals surface area contributed by atoms with E-state index in [1.165, 1.54) is 11.1 Å². The minimum absolute atomic E-state index is 0.917. The Kier molecular flexibility index (Phi) is 3.41. The minimum atomic E-state index is 0.917. The lowest BCUT2D eigenvalue weighted by Crippen LogP contribution is -2.19. The van der Waals surface area contributed by atoms with Crippen LogP contribution in [-0.4, -0.2) is 20.9 Å². The van der Waals surface area contributed by atoms with E-state index >= 15 is 0 Å². The van der Waals surface area contributed by atoms with Gasteiger partial charge in [-0.3, -0.25) is 4.68 Å². The third-order valence-corrected chi connectivity index (χ3v) is 2.50. The van der Waals surface area contributed by atoms with Crippen LogP contribution in [0.25, 0.3) is 0 Å². The highest BCUT2D eigenvalue weighted by molar-refractivity contribution is 5.09. The summed E-state index contributed by atoms with van der Waals surface area (Å²) in [5, 5.41) is 7.64. The Morgan fingerprint density at radius 2 is 2.25 bits per heavy atom. The molecule has 0 radical (unpaired) electrons. The molecule has 4 heteroatoms. The van der Waals surface area contributed by atoms with Crippen molar-refractivity contribution in [3.8, 4) is 0 Å². The smallest absolute Gasteiger partial charge is 0.0534 e. The minimum Gasteiger partial charge on any atom is -0.357 e. The standard InChI is InChI=1S/C12H18N4/c1-11-7-14-16(9-11)6-4-13-8-12-3-5-15(2)10-12/h3,5,7,9-10,13H,4,6,8H2,1-2H3. The zero-order valence-corrected chi connectivity index (χ0v) is 9.85. The number of hydrogen-bond acceptors (Lipinski definition) is 2. The van der Waals surface area contributed by atoms with E-state index in [0.29, 0.717) is 0 Å². The van der Waals surface area contributed by atoms with E-state index < -0.39 is 0 Å². The summed E-state index contributed by atoms with van der Waals surface area (Å²) in [5.41, 5.74) is 2.53. The van der Waals surface area contributed by atoms with Crippen molar-refractivity contribution in [2.45, 2.75) is 20.0 Å². The number of nitrogens with zero attached hydrogens (tertiary/aromatic N) is 3. The molecule has 0 spiro atoms. The number of rotatable bonds is 5. The lowest BCUT2D eigenvalue weighted by atomic mass is 10.3. The Morgan fingerprint density at radius 3 is 2.88 bits per heavy atom. The molecule has 0 saturated heterocycles. The second kappa shape index (κ2) is 4.99. The summed E-state index contributed by atoms with van der Waals surface area (Å²) in [4.78, 5) is 0. The number of aromatic nitrogens is 3. The molecule has 0 aliphatic carbocycles. The van der Waals surface area contributed by atoms with E-state index in [4.69, 9.17) is 0 Å². The van der Waals surface area contributed by atoms with E-state index in [-0.39, 0.29) is 0 Å². The van der Waals surface area contributed by atoms with Crippen LogP contribution in [0.3, 0.4) is 0 Å². The number of hydrogen-bond donors (Lipinski definition) is 1. The topological polar surface area (TPSA) is 34.8 Å². The molecular weight excluding hydrogens is 200 g/mol. The molecule has 2 heterocycles. The average molecular weight is 218 g/mol. The molecule has 4 nitrogen and oxygen atoms in total. The van der Waals surface area contributed by atoms with Gasteiger partial charge in [-0.25, -0.2) is 0 Å². The van der Waals surface area contributed by atoms with Gasteiger partial charge in [0.2, 0.25) is 0 Å². The van der Waals surface area contributed by atoms with Gasteiger partial charge in [-0.05, 0) is 24.1 Å². The van der Waals surface area contributed by atoms with Crippen LogP contribution >= 0.6 is 0 Å². The molecule has 0 aromatic carbocycles. The first-order valence-corrected chi connectivity index (χ1v) is 5.54. The third kappa shape index (κ3) is 2.97. The lowest BCUT2D eigenvalue weighted by molar-refractivity contribution is 0.554. The van der Waals surface area contributed by atoms with Crippen LogP contribution in [-0.2, 0) is 20.1 Å². The molecule has 0 bridgehead atoms. The van der Waals surface area contributed by atoms with E-state index in [1.54, 1.807) is 0 Å². The normalized spacial score (nSPS) is 10.9. The van der Waals surface area contributed by atoms with E-state index in [9.17, 15) is 0 Å². The van der Waals surface area contributed by atoms with Crippen molar-refractivity contribution in [2.24, 2.45) is 7.05 Å². The fourth-order valence-electron chi connectivity index (χ4n) is 1.68. The molecule has 0 aliphatic rings. The van der Waals surface area contributed by atoms with Gasteiger partial charge in [-0.2, -0.15) is 5.10 Å². The number of aryl methyl sites for hydroxylation is 2. The summed E-state index contributed by atoms with van der Waals surface area (Å²) in [7, 11) is 2.04. The first kappa shape index (κ1) is 11.0. The molecule has 1 N–H and O–H groups in total. The van der Waals surface area contributed by atoms with Crippen molar-refractivity contribution in [1.29, 1.82) is 0 Å². The van der Waals surface area contributed by atoms with Crippen LogP contribution in [0.5, 0.6) is 0 Å². The highest BCUT2D eigenvalue weighted by atomic mass is 15.3. The van der Waals surface area contributed by atoms with Crippen LogP contribution < -0.4 is 5.32 Å². The monoisotopic (exact) mass is 218 g/mol. The Balaban J connectivity index is 1.69. The molecule has 0 aliphatic heterocycles. The van der Waals surface area contributed by atoms with Crippen molar-refractivity contribution in [3.05, 3.63) is 42.0 Å². The van der Waals surface area contributed by atoms with Gasteiger partial charge in [0.1, 0.15) is 0 Å². The SMILES string of the molecule is Cc1cnn(CCNCc2ccn(C)c2)c1. The fraction of sp³-hybridized carbons (Fsp3) is 0.417. The van der Waals surface area contributed by atoms with Gasteiger partial charge in [-0.15, -0.1) is 0 Å². The summed E-state index contributed by atoms with van der Waals surface area (Å²) >= 11 is 0. The van der Waals surface area contributed by atoms with Crippen LogP contribution in [0.4, 0.5) is 0 Å². The molecule has 16 heavy (non-hydrogen) atoms. The molecule has 0 fully saturated rings. The van der Waals surface area contributed by atoms with Crippen LogP contribution in [0.1, 0.15) is 11.1 Å². The Bertz CT molecular complexity index is 399. The van der Waals surface area contributed by atoms with Crippen LogP contribution in [0.2, 0.25) is 0 Å². The van der Waals surface area contributed by atoms with E-state index in [0.717, 1.165) is 19.6 Å². The zero-order valence-electron chi connectivity index (χ0n) is 9.85.